The Labute approximate surface area is 103 Å². The van der Waals surface area contributed by atoms with Gasteiger partial charge in [-0.15, -0.1) is 0 Å². The van der Waals surface area contributed by atoms with Crippen molar-refractivity contribution in [3.05, 3.63) is 23.8 Å². The second-order valence-corrected chi connectivity index (χ2v) is 4.81. The first-order chi connectivity index (χ1) is 8.16. The monoisotopic (exact) mass is 235 g/mol. The molecule has 0 heterocycles. The van der Waals surface area contributed by atoms with Crippen LogP contribution in [0.15, 0.2) is 18.2 Å². The van der Waals surface area contributed by atoms with Gasteiger partial charge in [0, 0.05) is 35.8 Å². The third kappa shape index (κ3) is 2.12. The van der Waals surface area contributed by atoms with Crippen molar-refractivity contribution >= 4 is 5.69 Å². The molecule has 3 heteroatoms. The van der Waals surface area contributed by atoms with Gasteiger partial charge < -0.3 is 15.1 Å². The highest BCUT2D eigenvalue weighted by atomic mass is 16.3. The highest BCUT2D eigenvalue weighted by Crippen LogP contribution is 2.51. The Hall–Kier alpha value is -1.22. The summed E-state index contributed by atoms with van der Waals surface area (Å²) in [7, 11) is 0. The SMILES string of the molecule is CCN(CC)c1ccc(C2(CO)CC2)c(O)c1. The molecular formula is C14H21NO2. The van der Waals surface area contributed by atoms with Crippen molar-refractivity contribution in [2.75, 3.05) is 24.6 Å². The average Bonchev–Trinajstić information content (AvgIpc) is 3.12. The molecule has 1 aliphatic carbocycles. The van der Waals surface area contributed by atoms with E-state index in [9.17, 15) is 10.2 Å². The van der Waals surface area contributed by atoms with Crippen LogP contribution >= 0.6 is 0 Å². The maximum Gasteiger partial charge on any atom is 0.121 e. The van der Waals surface area contributed by atoms with Crippen molar-refractivity contribution in [2.45, 2.75) is 32.1 Å². The summed E-state index contributed by atoms with van der Waals surface area (Å²) >= 11 is 0. The van der Waals surface area contributed by atoms with Crippen molar-refractivity contribution < 1.29 is 10.2 Å². The van der Waals surface area contributed by atoms with Crippen LogP contribution in [0.1, 0.15) is 32.3 Å². The molecule has 0 bridgehead atoms. The molecule has 1 aliphatic rings. The fourth-order valence-corrected chi connectivity index (χ4v) is 2.42. The molecular weight excluding hydrogens is 214 g/mol. The molecule has 0 amide bonds. The van der Waals surface area contributed by atoms with E-state index in [1.807, 2.05) is 18.2 Å². The van der Waals surface area contributed by atoms with Crippen molar-refractivity contribution in [2.24, 2.45) is 0 Å². The molecule has 1 saturated carbocycles. The average molecular weight is 235 g/mol. The predicted molar refractivity (Wildman–Crippen MR) is 69.7 cm³/mol. The number of phenolic OH excluding ortho intramolecular Hbond substituents is 1. The van der Waals surface area contributed by atoms with E-state index < -0.39 is 0 Å². The molecule has 0 spiro atoms. The topological polar surface area (TPSA) is 43.7 Å². The van der Waals surface area contributed by atoms with E-state index in [4.69, 9.17) is 0 Å². The van der Waals surface area contributed by atoms with Crippen LogP contribution < -0.4 is 4.90 Å². The summed E-state index contributed by atoms with van der Waals surface area (Å²) in [6.07, 6.45) is 1.95. The molecule has 0 atom stereocenters. The first-order valence-corrected chi connectivity index (χ1v) is 6.36. The maximum atomic E-state index is 10.1. The molecule has 17 heavy (non-hydrogen) atoms. The van der Waals surface area contributed by atoms with Crippen LogP contribution in [-0.2, 0) is 5.41 Å². The van der Waals surface area contributed by atoms with Crippen molar-refractivity contribution in [1.29, 1.82) is 0 Å². The van der Waals surface area contributed by atoms with E-state index in [0.717, 1.165) is 37.2 Å². The van der Waals surface area contributed by atoms with Crippen molar-refractivity contribution in [1.82, 2.24) is 0 Å². The summed E-state index contributed by atoms with van der Waals surface area (Å²) in [4.78, 5) is 2.20. The lowest BCUT2D eigenvalue weighted by molar-refractivity contribution is 0.252. The highest BCUT2D eigenvalue weighted by molar-refractivity contribution is 5.56. The second-order valence-electron chi connectivity index (χ2n) is 4.81. The molecule has 2 N–H and O–H groups in total. The number of hydrogen-bond donors (Lipinski definition) is 2. The zero-order valence-corrected chi connectivity index (χ0v) is 10.6. The number of nitrogens with zero attached hydrogens (tertiary/aromatic N) is 1. The van der Waals surface area contributed by atoms with Gasteiger partial charge in [-0.1, -0.05) is 6.07 Å². The Kier molecular flexibility index (Phi) is 3.29. The van der Waals surface area contributed by atoms with Gasteiger partial charge in [0.1, 0.15) is 5.75 Å². The van der Waals surface area contributed by atoms with E-state index in [1.54, 1.807) is 0 Å². The minimum absolute atomic E-state index is 0.130. The molecule has 2 rings (SSSR count). The Balaban J connectivity index is 2.29. The Bertz CT molecular complexity index is 395. The smallest absolute Gasteiger partial charge is 0.121 e. The van der Waals surface area contributed by atoms with Crippen LogP contribution in [0.4, 0.5) is 5.69 Å². The normalized spacial score (nSPS) is 16.9. The van der Waals surface area contributed by atoms with Gasteiger partial charge in [0.05, 0.1) is 6.61 Å². The van der Waals surface area contributed by atoms with E-state index in [1.165, 1.54) is 0 Å². The number of phenols is 1. The second kappa shape index (κ2) is 4.57. The van der Waals surface area contributed by atoms with Crippen LogP contribution in [0.5, 0.6) is 5.75 Å². The largest absolute Gasteiger partial charge is 0.508 e. The number of anilines is 1. The first kappa shape index (κ1) is 12.2. The zero-order valence-electron chi connectivity index (χ0n) is 10.6. The summed E-state index contributed by atoms with van der Waals surface area (Å²) in [6, 6.07) is 5.82. The molecule has 1 fully saturated rings. The summed E-state index contributed by atoms with van der Waals surface area (Å²) in [5.41, 5.74) is 1.78. The minimum Gasteiger partial charge on any atom is -0.508 e. The van der Waals surface area contributed by atoms with Crippen LogP contribution in [0.25, 0.3) is 0 Å². The lowest BCUT2D eigenvalue weighted by atomic mass is 9.95. The Morgan fingerprint density at radius 3 is 2.29 bits per heavy atom. The lowest BCUT2D eigenvalue weighted by Crippen LogP contribution is -2.22. The van der Waals surface area contributed by atoms with Crippen LogP contribution in [0, 0.1) is 0 Å². The standard InChI is InChI=1S/C14H21NO2/c1-3-15(4-2)11-5-6-12(13(17)9-11)14(10-16)7-8-14/h5-6,9,16-17H,3-4,7-8,10H2,1-2H3. The predicted octanol–water partition coefficient (Wildman–Crippen LogP) is 2.26. The van der Waals surface area contributed by atoms with Gasteiger partial charge in [0.15, 0.2) is 0 Å². The molecule has 3 nitrogen and oxygen atoms in total. The minimum atomic E-state index is -0.161. The van der Waals surface area contributed by atoms with Crippen LogP contribution in [-0.4, -0.2) is 29.9 Å². The molecule has 0 radical (unpaired) electrons. The lowest BCUT2D eigenvalue weighted by Gasteiger charge is -2.23. The summed E-state index contributed by atoms with van der Waals surface area (Å²) in [5, 5.41) is 19.5. The number of aromatic hydroxyl groups is 1. The van der Waals surface area contributed by atoms with Gasteiger partial charge in [-0.05, 0) is 32.8 Å². The quantitative estimate of drug-likeness (QED) is 0.822. The fourth-order valence-electron chi connectivity index (χ4n) is 2.42. The third-order valence-corrected chi connectivity index (χ3v) is 3.84. The number of rotatable bonds is 5. The third-order valence-electron chi connectivity index (χ3n) is 3.84. The molecule has 94 valence electrons. The van der Waals surface area contributed by atoms with Gasteiger partial charge in [-0.3, -0.25) is 0 Å². The zero-order chi connectivity index (χ0) is 12.5. The number of benzene rings is 1. The summed E-state index contributed by atoms with van der Waals surface area (Å²) in [6.45, 7) is 6.20. The number of hydrogen-bond acceptors (Lipinski definition) is 3. The van der Waals surface area contributed by atoms with Gasteiger partial charge >= 0.3 is 0 Å². The van der Waals surface area contributed by atoms with Gasteiger partial charge in [-0.25, -0.2) is 0 Å². The molecule has 1 aromatic carbocycles. The molecule has 1 aromatic rings. The maximum absolute atomic E-state index is 10.1. The molecule has 0 unspecified atom stereocenters. The molecule has 0 saturated heterocycles. The summed E-state index contributed by atoms with van der Waals surface area (Å²) < 4.78 is 0. The van der Waals surface area contributed by atoms with E-state index in [2.05, 4.69) is 18.7 Å². The summed E-state index contributed by atoms with van der Waals surface area (Å²) in [5.74, 6) is 0.320. The van der Waals surface area contributed by atoms with Crippen molar-refractivity contribution in [3.8, 4) is 5.75 Å². The van der Waals surface area contributed by atoms with Gasteiger partial charge in [-0.2, -0.15) is 0 Å². The Morgan fingerprint density at radius 2 is 1.88 bits per heavy atom. The Morgan fingerprint density at radius 1 is 1.24 bits per heavy atom. The van der Waals surface area contributed by atoms with Gasteiger partial charge in [0.2, 0.25) is 0 Å². The number of aliphatic hydroxyl groups is 1. The highest BCUT2D eigenvalue weighted by Gasteiger charge is 2.45. The van der Waals surface area contributed by atoms with E-state index >= 15 is 0 Å². The van der Waals surface area contributed by atoms with Crippen LogP contribution in [0.2, 0.25) is 0 Å². The molecule has 0 aromatic heterocycles. The first-order valence-electron chi connectivity index (χ1n) is 6.36. The van der Waals surface area contributed by atoms with Gasteiger partial charge in [0.25, 0.3) is 0 Å². The van der Waals surface area contributed by atoms with E-state index in [0.29, 0.717) is 5.75 Å². The fraction of sp³-hybridized carbons (Fsp3) is 0.571. The van der Waals surface area contributed by atoms with Crippen LogP contribution in [0.3, 0.4) is 0 Å². The molecule has 0 aliphatic heterocycles. The van der Waals surface area contributed by atoms with Crippen molar-refractivity contribution in [3.63, 3.8) is 0 Å². The number of aliphatic hydroxyl groups excluding tert-OH is 1. The van der Waals surface area contributed by atoms with E-state index in [-0.39, 0.29) is 12.0 Å².